The predicted molar refractivity (Wildman–Crippen MR) is 79.9 cm³/mol. The van der Waals surface area contributed by atoms with Crippen molar-refractivity contribution in [1.29, 1.82) is 0 Å². The summed E-state index contributed by atoms with van der Waals surface area (Å²) in [5.74, 6) is 0.774. The number of pyridine rings is 1. The molecule has 1 aromatic carbocycles. The predicted octanol–water partition coefficient (Wildman–Crippen LogP) is 3.99. The van der Waals surface area contributed by atoms with Crippen LogP contribution in [0.3, 0.4) is 0 Å². The van der Waals surface area contributed by atoms with Gasteiger partial charge in [-0.3, -0.25) is 4.98 Å². The van der Waals surface area contributed by atoms with Gasteiger partial charge in [-0.1, -0.05) is 44.4 Å². The van der Waals surface area contributed by atoms with E-state index in [2.05, 4.69) is 36.2 Å². The lowest BCUT2D eigenvalue weighted by Gasteiger charge is -2.39. The van der Waals surface area contributed by atoms with Gasteiger partial charge in [-0.15, -0.1) is 0 Å². The van der Waals surface area contributed by atoms with Gasteiger partial charge in [-0.2, -0.15) is 0 Å². The van der Waals surface area contributed by atoms with Gasteiger partial charge in [-0.25, -0.2) is 0 Å². The zero-order valence-corrected chi connectivity index (χ0v) is 11.6. The average Bonchev–Trinajstić information content (AvgIpc) is 2.46. The van der Waals surface area contributed by atoms with Crippen molar-refractivity contribution in [2.24, 2.45) is 11.7 Å². The first-order valence-corrected chi connectivity index (χ1v) is 7.35. The molecule has 0 amide bonds. The Hall–Kier alpha value is -1.41. The summed E-state index contributed by atoms with van der Waals surface area (Å²) in [7, 11) is 0. The van der Waals surface area contributed by atoms with E-state index in [1.165, 1.54) is 35.6 Å². The molecule has 1 fully saturated rings. The van der Waals surface area contributed by atoms with Crippen molar-refractivity contribution >= 4 is 10.8 Å². The highest BCUT2D eigenvalue weighted by Crippen LogP contribution is 2.41. The lowest BCUT2D eigenvalue weighted by atomic mass is 9.71. The van der Waals surface area contributed by atoms with E-state index in [0.717, 1.165) is 18.8 Å². The first-order chi connectivity index (χ1) is 9.23. The van der Waals surface area contributed by atoms with Crippen LogP contribution in [-0.2, 0) is 5.54 Å². The van der Waals surface area contributed by atoms with Crippen LogP contribution in [0.25, 0.3) is 10.8 Å². The maximum atomic E-state index is 6.79. The number of rotatable bonds is 2. The second-order valence-electron chi connectivity index (χ2n) is 5.93. The van der Waals surface area contributed by atoms with E-state index in [4.69, 9.17) is 5.73 Å². The summed E-state index contributed by atoms with van der Waals surface area (Å²) in [4.78, 5) is 4.21. The van der Waals surface area contributed by atoms with E-state index in [0.29, 0.717) is 0 Å². The van der Waals surface area contributed by atoms with Gasteiger partial charge < -0.3 is 5.73 Å². The SMILES string of the molecule is CCC1CCCC(N)(c2cccc3cnccc23)C1. The zero-order chi connectivity index (χ0) is 13.3. The monoisotopic (exact) mass is 254 g/mol. The Morgan fingerprint density at radius 3 is 3.11 bits per heavy atom. The van der Waals surface area contributed by atoms with E-state index in [9.17, 15) is 0 Å². The van der Waals surface area contributed by atoms with Gasteiger partial charge in [0, 0.05) is 23.3 Å². The highest BCUT2D eigenvalue weighted by Gasteiger charge is 2.34. The summed E-state index contributed by atoms with van der Waals surface area (Å²) >= 11 is 0. The normalized spacial score (nSPS) is 27.6. The molecule has 1 aliphatic carbocycles. The van der Waals surface area contributed by atoms with Gasteiger partial charge in [-0.05, 0) is 35.8 Å². The van der Waals surface area contributed by atoms with Crippen molar-refractivity contribution in [2.45, 2.75) is 44.6 Å². The molecule has 100 valence electrons. The van der Waals surface area contributed by atoms with E-state index >= 15 is 0 Å². The van der Waals surface area contributed by atoms with Crippen LogP contribution in [0.15, 0.2) is 36.7 Å². The molecule has 0 bridgehead atoms. The Morgan fingerprint density at radius 2 is 2.26 bits per heavy atom. The third-order valence-corrected chi connectivity index (χ3v) is 4.68. The maximum Gasteiger partial charge on any atom is 0.0418 e. The van der Waals surface area contributed by atoms with Crippen molar-refractivity contribution in [2.75, 3.05) is 0 Å². The molecule has 0 saturated heterocycles. The molecule has 2 aromatic rings. The number of benzene rings is 1. The van der Waals surface area contributed by atoms with Gasteiger partial charge in [0.2, 0.25) is 0 Å². The fourth-order valence-electron chi connectivity index (χ4n) is 3.58. The third kappa shape index (κ3) is 2.25. The highest BCUT2D eigenvalue weighted by molar-refractivity contribution is 5.85. The van der Waals surface area contributed by atoms with Crippen molar-refractivity contribution in [3.8, 4) is 0 Å². The molecule has 2 unspecified atom stereocenters. The minimum absolute atomic E-state index is 0.153. The number of aromatic nitrogens is 1. The third-order valence-electron chi connectivity index (χ3n) is 4.68. The second-order valence-corrected chi connectivity index (χ2v) is 5.93. The topological polar surface area (TPSA) is 38.9 Å². The molecule has 0 aliphatic heterocycles. The summed E-state index contributed by atoms with van der Waals surface area (Å²) in [6, 6.07) is 8.55. The van der Waals surface area contributed by atoms with Crippen LogP contribution in [0, 0.1) is 5.92 Å². The van der Waals surface area contributed by atoms with E-state index < -0.39 is 0 Å². The Bertz CT molecular complexity index is 573. The minimum Gasteiger partial charge on any atom is -0.321 e. The molecule has 1 aliphatic rings. The van der Waals surface area contributed by atoms with Gasteiger partial charge in [0.25, 0.3) is 0 Å². The molecule has 2 nitrogen and oxygen atoms in total. The van der Waals surface area contributed by atoms with Gasteiger partial charge in [0.15, 0.2) is 0 Å². The first kappa shape index (κ1) is 12.6. The van der Waals surface area contributed by atoms with Gasteiger partial charge in [0.05, 0.1) is 0 Å². The lowest BCUT2D eigenvalue weighted by molar-refractivity contribution is 0.223. The number of fused-ring (bicyclic) bond motifs is 1. The van der Waals surface area contributed by atoms with Crippen molar-refractivity contribution in [1.82, 2.24) is 4.98 Å². The fourth-order valence-corrected chi connectivity index (χ4v) is 3.58. The Morgan fingerprint density at radius 1 is 1.37 bits per heavy atom. The molecular formula is C17H22N2. The molecule has 1 heterocycles. The molecule has 1 saturated carbocycles. The standard InChI is InChI=1S/C17H22N2/c1-2-13-5-4-9-17(18,11-13)16-7-3-6-14-12-19-10-8-15(14)16/h3,6-8,10,12-13H,2,4-5,9,11,18H2,1H3. The molecule has 2 heteroatoms. The smallest absolute Gasteiger partial charge is 0.0418 e. The van der Waals surface area contributed by atoms with Crippen molar-refractivity contribution in [3.05, 3.63) is 42.2 Å². The van der Waals surface area contributed by atoms with Crippen LogP contribution >= 0.6 is 0 Å². The molecule has 19 heavy (non-hydrogen) atoms. The summed E-state index contributed by atoms with van der Waals surface area (Å²) in [5, 5.41) is 2.47. The van der Waals surface area contributed by atoms with Crippen LogP contribution < -0.4 is 5.73 Å². The zero-order valence-electron chi connectivity index (χ0n) is 11.6. The highest BCUT2D eigenvalue weighted by atomic mass is 14.8. The number of nitrogens with two attached hydrogens (primary N) is 1. The largest absolute Gasteiger partial charge is 0.321 e. The summed E-state index contributed by atoms with van der Waals surface area (Å²) in [5.41, 5.74) is 7.95. The number of hydrogen-bond acceptors (Lipinski definition) is 2. The first-order valence-electron chi connectivity index (χ1n) is 7.35. The van der Waals surface area contributed by atoms with Crippen molar-refractivity contribution < 1.29 is 0 Å². The van der Waals surface area contributed by atoms with Gasteiger partial charge in [0.1, 0.15) is 0 Å². The Labute approximate surface area is 115 Å². The Balaban J connectivity index is 2.07. The van der Waals surface area contributed by atoms with E-state index in [-0.39, 0.29) is 5.54 Å². The quantitative estimate of drug-likeness (QED) is 0.880. The number of nitrogens with zero attached hydrogens (tertiary/aromatic N) is 1. The van der Waals surface area contributed by atoms with Crippen LogP contribution in [0.1, 0.15) is 44.6 Å². The van der Waals surface area contributed by atoms with Crippen LogP contribution in [0.2, 0.25) is 0 Å². The fraction of sp³-hybridized carbons (Fsp3) is 0.471. The van der Waals surface area contributed by atoms with E-state index in [1.54, 1.807) is 0 Å². The molecular weight excluding hydrogens is 232 g/mol. The van der Waals surface area contributed by atoms with Crippen LogP contribution in [0.4, 0.5) is 0 Å². The van der Waals surface area contributed by atoms with Crippen LogP contribution in [0.5, 0.6) is 0 Å². The maximum absolute atomic E-state index is 6.79. The Kier molecular flexibility index (Phi) is 3.28. The van der Waals surface area contributed by atoms with Crippen molar-refractivity contribution in [3.63, 3.8) is 0 Å². The lowest BCUT2D eigenvalue weighted by Crippen LogP contribution is -2.41. The summed E-state index contributed by atoms with van der Waals surface area (Å²) < 4.78 is 0. The number of hydrogen-bond donors (Lipinski definition) is 1. The molecule has 1 aromatic heterocycles. The molecule has 2 atom stereocenters. The summed E-state index contributed by atoms with van der Waals surface area (Å²) in [6.45, 7) is 2.28. The molecule has 2 N–H and O–H groups in total. The molecule has 0 spiro atoms. The second kappa shape index (κ2) is 4.93. The van der Waals surface area contributed by atoms with Crippen LogP contribution in [-0.4, -0.2) is 4.98 Å². The average molecular weight is 254 g/mol. The van der Waals surface area contributed by atoms with E-state index in [1.807, 2.05) is 12.4 Å². The molecule has 3 rings (SSSR count). The van der Waals surface area contributed by atoms with Gasteiger partial charge >= 0.3 is 0 Å². The minimum atomic E-state index is -0.153. The molecule has 0 radical (unpaired) electrons. The summed E-state index contributed by atoms with van der Waals surface area (Å²) in [6.07, 6.45) is 9.84.